The van der Waals surface area contributed by atoms with E-state index in [1.54, 1.807) is 0 Å². The van der Waals surface area contributed by atoms with Crippen molar-refractivity contribution >= 4 is 16.8 Å². The van der Waals surface area contributed by atoms with E-state index in [9.17, 15) is 4.21 Å². The van der Waals surface area contributed by atoms with E-state index in [0.29, 0.717) is 18.3 Å². The number of rotatable bonds is 6. The van der Waals surface area contributed by atoms with Crippen LogP contribution in [0.25, 0.3) is 0 Å². The summed E-state index contributed by atoms with van der Waals surface area (Å²) in [7, 11) is 0.991. The maximum absolute atomic E-state index is 12.1. The summed E-state index contributed by atoms with van der Waals surface area (Å²) in [6.07, 6.45) is 9.55. The molecule has 2 N–H and O–H groups in total. The molecule has 1 aliphatic heterocycles. The third kappa shape index (κ3) is 7.55. The molecule has 1 unspecified atom stereocenters. The molecule has 0 aromatic carbocycles. The van der Waals surface area contributed by atoms with Crippen molar-refractivity contribution in [3.8, 4) is 0 Å². The van der Waals surface area contributed by atoms with Gasteiger partial charge >= 0.3 is 0 Å². The fraction of sp³-hybridized carbons (Fsp3) is 0.950. The second-order valence-corrected chi connectivity index (χ2v) is 11.2. The zero-order valence-electron chi connectivity index (χ0n) is 17.4. The van der Waals surface area contributed by atoms with E-state index < -0.39 is 10.8 Å². The summed E-state index contributed by atoms with van der Waals surface area (Å²) in [5.41, 5.74) is 0. The minimum Gasteiger partial charge on any atom is -0.355 e. The molecule has 0 amide bonds. The Morgan fingerprint density at radius 1 is 1.12 bits per heavy atom. The van der Waals surface area contributed by atoms with Crippen molar-refractivity contribution in [2.45, 2.75) is 76.5 Å². The van der Waals surface area contributed by atoms with Gasteiger partial charge in [0.05, 0.1) is 0 Å². The molecule has 1 heterocycles. The van der Waals surface area contributed by atoms with Gasteiger partial charge in [-0.15, -0.1) is 0 Å². The first kappa shape index (κ1) is 21.7. The van der Waals surface area contributed by atoms with Gasteiger partial charge in [-0.05, 0) is 52.4 Å². The summed E-state index contributed by atoms with van der Waals surface area (Å²) >= 11 is 0. The van der Waals surface area contributed by atoms with Crippen LogP contribution in [0.5, 0.6) is 0 Å². The Bertz CT molecular complexity index is 461. The minimum absolute atomic E-state index is 0.149. The largest absolute Gasteiger partial charge is 0.355 e. The van der Waals surface area contributed by atoms with Crippen LogP contribution < -0.4 is 10.6 Å². The van der Waals surface area contributed by atoms with Crippen molar-refractivity contribution in [1.82, 2.24) is 15.5 Å². The van der Waals surface area contributed by atoms with Gasteiger partial charge < -0.3 is 15.5 Å². The number of hydrogen-bond donors (Lipinski definition) is 2. The molecule has 0 radical (unpaired) electrons. The van der Waals surface area contributed by atoms with E-state index in [2.05, 4.69) is 20.5 Å². The van der Waals surface area contributed by atoms with Crippen LogP contribution in [0.3, 0.4) is 0 Å². The molecule has 2 rings (SSSR count). The van der Waals surface area contributed by atoms with Crippen molar-refractivity contribution in [3.05, 3.63) is 0 Å². The number of nitrogens with zero attached hydrogens (tertiary/aromatic N) is 2. The van der Waals surface area contributed by atoms with E-state index in [-0.39, 0.29) is 4.75 Å². The molecule has 2 aliphatic rings. The predicted octanol–water partition coefficient (Wildman–Crippen LogP) is 2.74. The molecule has 1 saturated carbocycles. The van der Waals surface area contributed by atoms with Crippen LogP contribution in [-0.4, -0.2) is 64.8 Å². The fourth-order valence-electron chi connectivity index (χ4n) is 3.95. The van der Waals surface area contributed by atoms with Gasteiger partial charge in [-0.2, -0.15) is 0 Å². The van der Waals surface area contributed by atoms with Crippen molar-refractivity contribution < 1.29 is 4.21 Å². The van der Waals surface area contributed by atoms with Crippen LogP contribution in [0.15, 0.2) is 4.99 Å². The number of hydrogen-bond acceptors (Lipinski definition) is 3. The Morgan fingerprint density at radius 3 is 2.35 bits per heavy atom. The predicted molar refractivity (Wildman–Crippen MR) is 113 cm³/mol. The molecule has 152 valence electrons. The second kappa shape index (κ2) is 10.6. The van der Waals surface area contributed by atoms with Crippen LogP contribution in [0.1, 0.15) is 65.7 Å². The molecule has 0 spiro atoms. The summed E-state index contributed by atoms with van der Waals surface area (Å²) in [6.45, 7) is 10.5. The first-order valence-corrected chi connectivity index (χ1v) is 11.8. The molecule has 1 aliphatic carbocycles. The lowest BCUT2D eigenvalue weighted by Crippen LogP contribution is -2.50. The maximum atomic E-state index is 12.1. The van der Waals surface area contributed by atoms with Gasteiger partial charge in [0.15, 0.2) is 5.96 Å². The van der Waals surface area contributed by atoms with Gasteiger partial charge in [-0.3, -0.25) is 9.20 Å². The normalized spacial score (nSPS) is 23.0. The Morgan fingerprint density at radius 2 is 1.77 bits per heavy atom. The number of piperidine rings is 1. The number of aliphatic imine (C=N–C) groups is 1. The highest BCUT2D eigenvalue weighted by atomic mass is 32.2. The number of nitrogens with one attached hydrogen (secondary N) is 2. The first-order valence-electron chi connectivity index (χ1n) is 10.5. The van der Waals surface area contributed by atoms with Crippen LogP contribution in [0.4, 0.5) is 0 Å². The van der Waals surface area contributed by atoms with Gasteiger partial charge in [0, 0.05) is 60.6 Å². The molecular weight excluding hydrogens is 344 g/mol. The summed E-state index contributed by atoms with van der Waals surface area (Å²) in [5, 5.41) is 6.88. The Balaban J connectivity index is 1.64. The summed E-state index contributed by atoms with van der Waals surface area (Å²) in [4.78, 5) is 7.00. The summed E-state index contributed by atoms with van der Waals surface area (Å²) < 4.78 is 12.0. The number of guanidine groups is 1. The average Bonchev–Trinajstić information content (AvgIpc) is 2.62. The molecule has 2 fully saturated rings. The Hall–Kier alpha value is -0.620. The van der Waals surface area contributed by atoms with Gasteiger partial charge in [0.1, 0.15) is 0 Å². The van der Waals surface area contributed by atoms with Gasteiger partial charge in [0.2, 0.25) is 0 Å². The lowest BCUT2D eigenvalue weighted by atomic mass is 9.88. The maximum Gasteiger partial charge on any atom is 0.191 e. The van der Waals surface area contributed by atoms with E-state index in [4.69, 9.17) is 0 Å². The van der Waals surface area contributed by atoms with E-state index in [1.165, 1.54) is 64.6 Å². The molecule has 0 aromatic heterocycles. The van der Waals surface area contributed by atoms with Crippen molar-refractivity contribution in [2.75, 3.05) is 39.0 Å². The highest BCUT2D eigenvalue weighted by Crippen LogP contribution is 2.25. The smallest absolute Gasteiger partial charge is 0.191 e. The summed E-state index contributed by atoms with van der Waals surface area (Å²) in [5.74, 6) is 2.44. The van der Waals surface area contributed by atoms with E-state index in [0.717, 1.165) is 11.9 Å². The Labute approximate surface area is 163 Å². The molecule has 6 heteroatoms. The number of likely N-dealkylation sites (tertiary alicyclic amines) is 1. The van der Waals surface area contributed by atoms with E-state index >= 15 is 0 Å². The molecule has 0 bridgehead atoms. The first-order chi connectivity index (χ1) is 12.4. The van der Waals surface area contributed by atoms with Crippen molar-refractivity contribution in [1.29, 1.82) is 0 Å². The zero-order valence-corrected chi connectivity index (χ0v) is 18.2. The molecule has 26 heavy (non-hydrogen) atoms. The van der Waals surface area contributed by atoms with Crippen LogP contribution in [0.2, 0.25) is 0 Å². The van der Waals surface area contributed by atoms with Crippen LogP contribution in [0, 0.1) is 5.92 Å². The summed E-state index contributed by atoms with van der Waals surface area (Å²) in [6, 6.07) is 0.497. The van der Waals surface area contributed by atoms with Crippen molar-refractivity contribution in [2.24, 2.45) is 10.9 Å². The Kier molecular flexibility index (Phi) is 8.88. The fourth-order valence-corrected chi connectivity index (χ4v) is 4.85. The third-order valence-electron chi connectivity index (χ3n) is 5.66. The third-order valence-corrected chi connectivity index (χ3v) is 7.60. The van der Waals surface area contributed by atoms with Gasteiger partial charge in [-0.1, -0.05) is 19.3 Å². The highest BCUT2D eigenvalue weighted by molar-refractivity contribution is 7.86. The van der Waals surface area contributed by atoms with Gasteiger partial charge in [0.25, 0.3) is 0 Å². The topological polar surface area (TPSA) is 56.7 Å². The molecular formula is C20H40N4OS. The lowest BCUT2D eigenvalue weighted by molar-refractivity contribution is 0.160. The molecule has 1 atom stereocenters. The van der Waals surface area contributed by atoms with E-state index in [1.807, 2.05) is 27.8 Å². The van der Waals surface area contributed by atoms with Crippen LogP contribution in [-0.2, 0) is 10.8 Å². The molecule has 1 saturated heterocycles. The zero-order chi connectivity index (χ0) is 19.0. The lowest BCUT2D eigenvalue weighted by Gasteiger charge is -2.36. The SMILES string of the molecule is CN=C(NCCS(=O)C(C)(C)C)NC1CCN(CC2CCCCC2)CC1. The molecule has 0 aromatic rings. The monoisotopic (exact) mass is 384 g/mol. The molecule has 5 nitrogen and oxygen atoms in total. The van der Waals surface area contributed by atoms with Crippen LogP contribution >= 0.6 is 0 Å². The average molecular weight is 385 g/mol. The minimum atomic E-state index is -0.823. The standard InChI is InChI=1S/C20H40N4OS/c1-20(2,3)26(25)15-12-22-19(21-4)23-18-10-13-24(14-11-18)16-17-8-6-5-7-9-17/h17-18H,5-16H2,1-4H3,(H2,21,22,23). The van der Waals surface area contributed by atoms with Crippen molar-refractivity contribution in [3.63, 3.8) is 0 Å². The quantitative estimate of drug-likeness (QED) is 0.546. The highest BCUT2D eigenvalue weighted by Gasteiger charge is 2.23. The second-order valence-electron chi connectivity index (χ2n) is 8.88. The van der Waals surface area contributed by atoms with Gasteiger partial charge in [-0.25, -0.2) is 0 Å².